The number of nitrogens with zero attached hydrogens (tertiary/aromatic N) is 1. The smallest absolute Gasteiger partial charge is 1.00 e. The molecule has 0 aliphatic carbocycles. The fourth-order valence-corrected chi connectivity index (χ4v) is 4.46. The summed E-state index contributed by atoms with van der Waals surface area (Å²) in [5.41, 5.74) is 2.84. The molecule has 0 unspecified atom stereocenters. The van der Waals surface area contributed by atoms with E-state index in [1.807, 2.05) is 59.3 Å². The van der Waals surface area contributed by atoms with Crippen molar-refractivity contribution in [1.29, 1.82) is 0 Å². The second-order valence-corrected chi connectivity index (χ2v) is 9.34. The Morgan fingerprint density at radius 2 is 1.42 bits per heavy atom. The van der Waals surface area contributed by atoms with Gasteiger partial charge in [-0.25, -0.2) is 13.1 Å². The molecule has 2 N–H and O–H groups in total. The molecule has 0 aromatic heterocycles. The van der Waals surface area contributed by atoms with Gasteiger partial charge in [-0.2, -0.15) is 0 Å². The van der Waals surface area contributed by atoms with E-state index in [4.69, 9.17) is 0 Å². The van der Waals surface area contributed by atoms with Crippen LogP contribution in [0, 0.1) is 10.1 Å². The zero-order chi connectivity index (χ0) is 24.8. The van der Waals surface area contributed by atoms with Gasteiger partial charge in [0.05, 0.1) is 9.82 Å². The number of hydrogen-bond acceptors (Lipinski definition) is 6. The van der Waals surface area contributed by atoms with Crippen LogP contribution in [0.1, 0.15) is 17.3 Å². The molecule has 0 saturated carbocycles. The van der Waals surface area contributed by atoms with Gasteiger partial charge in [0.2, 0.25) is 0 Å². The number of benzene rings is 4. The molecular weight excluding hydrogens is 505 g/mol. The van der Waals surface area contributed by atoms with Crippen LogP contribution in [-0.2, 0) is 16.6 Å². The molecule has 0 spiro atoms. The first-order valence-electron chi connectivity index (χ1n) is 10.6. The van der Waals surface area contributed by atoms with Crippen LogP contribution in [0.3, 0.4) is 0 Å². The van der Waals surface area contributed by atoms with E-state index in [0.717, 1.165) is 16.7 Å². The number of nitro benzene ring substituents is 1. The number of carbonyl (C=O) groups is 1. The van der Waals surface area contributed by atoms with Crippen molar-refractivity contribution >= 4 is 27.3 Å². The fourth-order valence-electron chi connectivity index (χ4n) is 3.46. The van der Waals surface area contributed by atoms with Crippen molar-refractivity contribution in [1.82, 2.24) is 4.72 Å². The van der Waals surface area contributed by atoms with Gasteiger partial charge in [0.15, 0.2) is 0 Å². The van der Waals surface area contributed by atoms with Gasteiger partial charge in [-0.3, -0.25) is 14.9 Å². The van der Waals surface area contributed by atoms with Crippen LogP contribution in [0.2, 0.25) is 0 Å². The Labute approximate surface area is 252 Å². The molecule has 8 nitrogen and oxygen atoms in total. The SMILES string of the molecule is O=C(NS(=O)(=O)c1ccccc1)c1ccc([N+](=O)[O-])c(NCc2ccc(-c3ccccc3)cc2)c1.[H-].[K+]. The molecule has 0 radical (unpaired) electrons. The third-order valence-corrected chi connectivity index (χ3v) is 6.63. The van der Waals surface area contributed by atoms with Crippen molar-refractivity contribution in [3.8, 4) is 11.1 Å². The summed E-state index contributed by atoms with van der Waals surface area (Å²) in [6, 6.07) is 28.7. The van der Waals surface area contributed by atoms with Gasteiger partial charge in [0, 0.05) is 18.2 Å². The Morgan fingerprint density at radius 3 is 2.03 bits per heavy atom. The van der Waals surface area contributed by atoms with Crippen molar-refractivity contribution < 1.29 is 70.9 Å². The molecule has 1 amide bonds. The molecule has 4 aromatic rings. The molecule has 178 valence electrons. The Kier molecular flexibility index (Phi) is 9.54. The van der Waals surface area contributed by atoms with E-state index in [9.17, 15) is 23.3 Å². The van der Waals surface area contributed by atoms with Crippen molar-refractivity contribution in [3.63, 3.8) is 0 Å². The van der Waals surface area contributed by atoms with Crippen molar-refractivity contribution in [2.45, 2.75) is 11.4 Å². The van der Waals surface area contributed by atoms with Gasteiger partial charge in [0.25, 0.3) is 21.6 Å². The number of amides is 1. The van der Waals surface area contributed by atoms with Crippen molar-refractivity contribution in [2.24, 2.45) is 0 Å². The van der Waals surface area contributed by atoms with E-state index in [-0.39, 0.29) is 81.2 Å². The first-order valence-corrected chi connectivity index (χ1v) is 12.1. The van der Waals surface area contributed by atoms with Gasteiger partial charge in [-0.05, 0) is 41.0 Å². The molecule has 0 saturated heterocycles. The molecular formula is C26H22KN3O5S. The Bertz CT molecular complexity index is 1470. The number of anilines is 1. The third-order valence-electron chi connectivity index (χ3n) is 5.28. The Hall–Kier alpha value is -2.86. The normalized spacial score (nSPS) is 10.7. The predicted molar refractivity (Wildman–Crippen MR) is 135 cm³/mol. The van der Waals surface area contributed by atoms with E-state index >= 15 is 0 Å². The van der Waals surface area contributed by atoms with Crippen LogP contribution in [0.25, 0.3) is 11.1 Å². The largest absolute Gasteiger partial charge is 1.00 e. The predicted octanol–water partition coefficient (Wildman–Crippen LogP) is 2.11. The van der Waals surface area contributed by atoms with E-state index in [2.05, 4.69) is 5.32 Å². The van der Waals surface area contributed by atoms with E-state index in [1.165, 1.54) is 30.3 Å². The summed E-state index contributed by atoms with van der Waals surface area (Å²) in [5, 5.41) is 14.5. The van der Waals surface area contributed by atoms with Crippen LogP contribution in [-0.4, -0.2) is 19.2 Å². The average molecular weight is 528 g/mol. The maximum absolute atomic E-state index is 12.6. The number of sulfonamides is 1. The monoisotopic (exact) mass is 527 g/mol. The minimum absolute atomic E-state index is 0. The van der Waals surface area contributed by atoms with Crippen LogP contribution < -0.4 is 61.4 Å². The standard InChI is InChI=1S/C26H21N3O5S.K.H/c30-26(28-35(33,34)23-9-5-2-6-10-23)22-15-16-25(29(31)32)24(17-22)27-18-19-11-13-21(14-12-19)20-7-3-1-4-8-20;;/h1-17,27H,18H2,(H,28,30);;/q;+1;-1. The molecule has 4 rings (SSSR count). The average Bonchev–Trinajstić information content (AvgIpc) is 2.88. The second-order valence-electron chi connectivity index (χ2n) is 7.65. The molecule has 36 heavy (non-hydrogen) atoms. The first kappa shape index (κ1) is 27.7. The molecule has 0 heterocycles. The molecule has 0 aliphatic rings. The third kappa shape index (κ3) is 6.87. The van der Waals surface area contributed by atoms with Crippen LogP contribution >= 0.6 is 0 Å². The molecule has 0 atom stereocenters. The molecule has 0 fully saturated rings. The van der Waals surface area contributed by atoms with Gasteiger partial charge in [-0.15, -0.1) is 0 Å². The number of nitro groups is 1. The molecule has 0 bridgehead atoms. The van der Waals surface area contributed by atoms with Crippen molar-refractivity contribution in [2.75, 3.05) is 5.32 Å². The Balaban J connectivity index is 0.00000241. The van der Waals surface area contributed by atoms with Crippen LogP contribution in [0.4, 0.5) is 11.4 Å². The molecule has 10 heteroatoms. The topological polar surface area (TPSA) is 118 Å². The van der Waals surface area contributed by atoms with Crippen molar-refractivity contribution in [3.05, 3.63) is 124 Å². The summed E-state index contributed by atoms with van der Waals surface area (Å²) in [5.74, 6) is -0.890. The van der Waals surface area contributed by atoms with Gasteiger partial charge < -0.3 is 6.74 Å². The number of rotatable bonds is 8. The Morgan fingerprint density at radius 1 is 0.833 bits per heavy atom. The minimum Gasteiger partial charge on any atom is -1.00 e. The van der Waals surface area contributed by atoms with Crippen LogP contribution in [0.15, 0.2) is 108 Å². The number of hydrogen-bond donors (Lipinski definition) is 2. The number of carbonyl (C=O) groups excluding carboxylic acids is 1. The summed E-state index contributed by atoms with van der Waals surface area (Å²) < 4.78 is 26.9. The summed E-state index contributed by atoms with van der Waals surface area (Å²) in [4.78, 5) is 23.5. The zero-order valence-corrected chi connectivity index (χ0v) is 23.4. The van der Waals surface area contributed by atoms with Gasteiger partial charge in [0.1, 0.15) is 5.69 Å². The number of nitrogens with one attached hydrogen (secondary N) is 2. The summed E-state index contributed by atoms with van der Waals surface area (Å²) in [7, 11) is -4.08. The second kappa shape index (κ2) is 12.4. The quantitative estimate of drug-likeness (QED) is 0.206. The van der Waals surface area contributed by atoms with Crippen LogP contribution in [0.5, 0.6) is 0 Å². The summed E-state index contributed by atoms with van der Waals surface area (Å²) >= 11 is 0. The van der Waals surface area contributed by atoms with E-state index < -0.39 is 20.9 Å². The van der Waals surface area contributed by atoms with E-state index in [1.54, 1.807) is 18.2 Å². The summed E-state index contributed by atoms with van der Waals surface area (Å²) in [6.45, 7) is 0.267. The molecule has 4 aromatic carbocycles. The fraction of sp³-hybridized carbons (Fsp3) is 0.0385. The molecule has 0 aliphatic heterocycles. The summed E-state index contributed by atoms with van der Waals surface area (Å²) in [6.07, 6.45) is 0. The minimum atomic E-state index is -4.08. The maximum Gasteiger partial charge on any atom is 1.00 e. The van der Waals surface area contributed by atoms with Gasteiger partial charge >= 0.3 is 51.4 Å². The maximum atomic E-state index is 12.6. The van der Waals surface area contributed by atoms with Gasteiger partial charge in [-0.1, -0.05) is 72.8 Å². The zero-order valence-electron chi connectivity index (χ0n) is 20.4. The van der Waals surface area contributed by atoms with E-state index in [0.29, 0.717) is 0 Å². The first-order chi connectivity index (χ1) is 16.8.